The summed E-state index contributed by atoms with van der Waals surface area (Å²) in [6.07, 6.45) is 1.00. The summed E-state index contributed by atoms with van der Waals surface area (Å²) < 4.78 is 15.9. The molecule has 3 N–H and O–H groups in total. The van der Waals surface area contributed by atoms with Gasteiger partial charge in [0.2, 0.25) is 0 Å². The molecule has 0 aliphatic rings. The second kappa shape index (κ2) is 9.75. The Labute approximate surface area is 115 Å². The van der Waals surface area contributed by atoms with Crippen LogP contribution in [-0.4, -0.2) is 33.5 Å². The molecule has 5 heteroatoms. The van der Waals surface area contributed by atoms with Crippen molar-refractivity contribution in [2.75, 3.05) is 33.5 Å². The molecule has 1 aromatic carbocycles. The standard InChI is InChI=1S/C14H24N2O3/c1-3-8-19-13-6-4-12(5-7-13)14(16-15)11-18-10-9-17-2/h4-7,14,16H,3,8-11,15H2,1-2H3. The van der Waals surface area contributed by atoms with Gasteiger partial charge < -0.3 is 14.2 Å². The van der Waals surface area contributed by atoms with Crippen LogP contribution in [0.2, 0.25) is 0 Å². The first-order valence-electron chi connectivity index (χ1n) is 6.57. The highest BCUT2D eigenvalue weighted by atomic mass is 16.5. The van der Waals surface area contributed by atoms with E-state index in [1.165, 1.54) is 0 Å². The zero-order valence-electron chi connectivity index (χ0n) is 11.7. The van der Waals surface area contributed by atoms with Gasteiger partial charge in [0.25, 0.3) is 0 Å². The second-order valence-corrected chi connectivity index (χ2v) is 4.20. The van der Waals surface area contributed by atoms with Gasteiger partial charge in [0.15, 0.2) is 0 Å². The lowest BCUT2D eigenvalue weighted by Crippen LogP contribution is -2.31. The Morgan fingerprint density at radius 2 is 1.89 bits per heavy atom. The zero-order chi connectivity index (χ0) is 13.9. The van der Waals surface area contributed by atoms with E-state index < -0.39 is 0 Å². The SMILES string of the molecule is CCCOc1ccc(C(COCCOC)NN)cc1. The molecule has 0 fully saturated rings. The van der Waals surface area contributed by atoms with Crippen LogP contribution in [0, 0.1) is 0 Å². The van der Waals surface area contributed by atoms with Crippen molar-refractivity contribution in [1.82, 2.24) is 5.43 Å². The molecule has 1 aromatic rings. The number of rotatable bonds is 10. The van der Waals surface area contributed by atoms with Crippen LogP contribution in [0.4, 0.5) is 0 Å². The topological polar surface area (TPSA) is 65.7 Å². The first-order valence-corrected chi connectivity index (χ1v) is 6.57. The molecule has 0 saturated heterocycles. The van der Waals surface area contributed by atoms with Crippen LogP contribution in [0.5, 0.6) is 5.75 Å². The fraction of sp³-hybridized carbons (Fsp3) is 0.571. The molecule has 0 saturated carbocycles. The van der Waals surface area contributed by atoms with Gasteiger partial charge in [0.05, 0.1) is 32.5 Å². The Morgan fingerprint density at radius 1 is 1.16 bits per heavy atom. The first-order chi connectivity index (χ1) is 9.31. The maximum atomic E-state index is 5.55. The lowest BCUT2D eigenvalue weighted by atomic mass is 10.1. The van der Waals surface area contributed by atoms with Crippen molar-refractivity contribution in [2.45, 2.75) is 19.4 Å². The van der Waals surface area contributed by atoms with Crippen molar-refractivity contribution in [1.29, 1.82) is 0 Å². The lowest BCUT2D eigenvalue weighted by Gasteiger charge is -2.17. The normalized spacial score (nSPS) is 12.4. The number of methoxy groups -OCH3 is 1. The van der Waals surface area contributed by atoms with Crippen LogP contribution >= 0.6 is 0 Å². The van der Waals surface area contributed by atoms with Crippen molar-refractivity contribution >= 4 is 0 Å². The molecule has 0 amide bonds. The van der Waals surface area contributed by atoms with Crippen molar-refractivity contribution < 1.29 is 14.2 Å². The molecule has 0 aromatic heterocycles. The highest BCUT2D eigenvalue weighted by Crippen LogP contribution is 2.18. The highest BCUT2D eigenvalue weighted by molar-refractivity contribution is 5.29. The van der Waals surface area contributed by atoms with Gasteiger partial charge in [-0.25, -0.2) is 0 Å². The third kappa shape index (κ3) is 6.02. The minimum Gasteiger partial charge on any atom is -0.494 e. The van der Waals surface area contributed by atoms with Crippen LogP contribution < -0.4 is 16.0 Å². The number of benzene rings is 1. The maximum Gasteiger partial charge on any atom is 0.119 e. The average Bonchev–Trinajstić information content (AvgIpc) is 2.46. The number of ether oxygens (including phenoxy) is 3. The van der Waals surface area contributed by atoms with E-state index in [-0.39, 0.29) is 6.04 Å². The Bertz CT molecular complexity index is 330. The van der Waals surface area contributed by atoms with Gasteiger partial charge in [-0.05, 0) is 24.1 Å². The predicted molar refractivity (Wildman–Crippen MR) is 75.0 cm³/mol. The van der Waals surface area contributed by atoms with Crippen LogP contribution in [0.25, 0.3) is 0 Å². The molecule has 0 bridgehead atoms. The van der Waals surface area contributed by atoms with E-state index in [4.69, 9.17) is 20.1 Å². The van der Waals surface area contributed by atoms with Crippen LogP contribution in [0.1, 0.15) is 24.9 Å². The van der Waals surface area contributed by atoms with Crippen molar-refractivity contribution in [3.63, 3.8) is 0 Å². The summed E-state index contributed by atoms with van der Waals surface area (Å²) in [6, 6.07) is 7.86. The Morgan fingerprint density at radius 3 is 2.47 bits per heavy atom. The van der Waals surface area contributed by atoms with Gasteiger partial charge in [-0.15, -0.1) is 0 Å². The van der Waals surface area contributed by atoms with E-state index >= 15 is 0 Å². The summed E-state index contributed by atoms with van der Waals surface area (Å²) in [7, 11) is 1.65. The summed E-state index contributed by atoms with van der Waals surface area (Å²) in [6.45, 7) is 4.47. The molecular weight excluding hydrogens is 244 g/mol. The van der Waals surface area contributed by atoms with Crippen LogP contribution in [-0.2, 0) is 9.47 Å². The summed E-state index contributed by atoms with van der Waals surface area (Å²) in [5.74, 6) is 6.42. The third-order valence-corrected chi connectivity index (χ3v) is 2.67. The van der Waals surface area contributed by atoms with Crippen LogP contribution in [0.15, 0.2) is 24.3 Å². The molecule has 5 nitrogen and oxygen atoms in total. The minimum atomic E-state index is -0.0305. The Hall–Kier alpha value is -1.14. The zero-order valence-corrected chi connectivity index (χ0v) is 11.7. The van der Waals surface area contributed by atoms with Gasteiger partial charge in [-0.2, -0.15) is 0 Å². The molecule has 0 spiro atoms. The van der Waals surface area contributed by atoms with Gasteiger partial charge in [0.1, 0.15) is 5.75 Å². The largest absolute Gasteiger partial charge is 0.494 e. The van der Waals surface area contributed by atoms with Crippen molar-refractivity contribution in [3.8, 4) is 5.75 Å². The van der Waals surface area contributed by atoms with Gasteiger partial charge in [0, 0.05) is 7.11 Å². The monoisotopic (exact) mass is 268 g/mol. The molecule has 1 rings (SSSR count). The fourth-order valence-corrected chi connectivity index (χ4v) is 1.60. The smallest absolute Gasteiger partial charge is 0.119 e. The summed E-state index contributed by atoms with van der Waals surface area (Å²) in [4.78, 5) is 0. The first kappa shape index (κ1) is 15.9. The molecule has 108 valence electrons. The molecule has 0 heterocycles. The molecule has 1 unspecified atom stereocenters. The number of hydrogen-bond donors (Lipinski definition) is 2. The number of hydrogen-bond acceptors (Lipinski definition) is 5. The molecule has 1 atom stereocenters. The molecular formula is C14H24N2O3. The number of nitrogens with one attached hydrogen (secondary N) is 1. The number of nitrogens with two attached hydrogens (primary N) is 1. The van der Waals surface area contributed by atoms with Gasteiger partial charge in [-0.3, -0.25) is 11.3 Å². The van der Waals surface area contributed by atoms with E-state index in [9.17, 15) is 0 Å². The second-order valence-electron chi connectivity index (χ2n) is 4.20. The van der Waals surface area contributed by atoms with Gasteiger partial charge in [-0.1, -0.05) is 19.1 Å². The van der Waals surface area contributed by atoms with E-state index in [1.807, 2.05) is 24.3 Å². The minimum absolute atomic E-state index is 0.0305. The molecule has 0 radical (unpaired) electrons. The van der Waals surface area contributed by atoms with Crippen LogP contribution in [0.3, 0.4) is 0 Å². The quantitative estimate of drug-likeness (QED) is 0.384. The lowest BCUT2D eigenvalue weighted by molar-refractivity contribution is 0.0586. The van der Waals surface area contributed by atoms with E-state index in [0.717, 1.165) is 24.3 Å². The Kier molecular flexibility index (Phi) is 8.16. The predicted octanol–water partition coefficient (Wildman–Crippen LogP) is 1.64. The molecule has 19 heavy (non-hydrogen) atoms. The Balaban J connectivity index is 2.46. The average molecular weight is 268 g/mol. The van der Waals surface area contributed by atoms with Gasteiger partial charge >= 0.3 is 0 Å². The molecule has 0 aliphatic heterocycles. The summed E-state index contributed by atoms with van der Waals surface area (Å²) in [5, 5.41) is 0. The fourth-order valence-electron chi connectivity index (χ4n) is 1.60. The van der Waals surface area contributed by atoms with E-state index in [0.29, 0.717) is 19.8 Å². The maximum absolute atomic E-state index is 5.55. The third-order valence-electron chi connectivity index (χ3n) is 2.67. The van der Waals surface area contributed by atoms with Crippen molar-refractivity contribution in [2.24, 2.45) is 5.84 Å². The summed E-state index contributed by atoms with van der Waals surface area (Å²) in [5.41, 5.74) is 3.82. The molecule has 0 aliphatic carbocycles. The number of hydrazine groups is 1. The van der Waals surface area contributed by atoms with E-state index in [2.05, 4.69) is 12.3 Å². The highest BCUT2D eigenvalue weighted by Gasteiger charge is 2.09. The summed E-state index contributed by atoms with van der Waals surface area (Å²) >= 11 is 0. The van der Waals surface area contributed by atoms with Crippen molar-refractivity contribution in [3.05, 3.63) is 29.8 Å². The van der Waals surface area contributed by atoms with E-state index in [1.54, 1.807) is 7.11 Å².